The summed E-state index contributed by atoms with van der Waals surface area (Å²) in [5.74, 6) is 0. The summed E-state index contributed by atoms with van der Waals surface area (Å²) < 4.78 is 0. The lowest BCUT2D eigenvalue weighted by Gasteiger charge is -2.10. The van der Waals surface area contributed by atoms with Gasteiger partial charge in [-0.2, -0.15) is 5.26 Å². The van der Waals surface area contributed by atoms with Gasteiger partial charge in [-0.15, -0.1) is 0 Å². The van der Waals surface area contributed by atoms with Crippen molar-refractivity contribution >= 4 is 28.2 Å². The summed E-state index contributed by atoms with van der Waals surface area (Å²) in [5, 5.41) is 13.9. The monoisotopic (exact) mass is 293 g/mol. The van der Waals surface area contributed by atoms with Crippen molar-refractivity contribution in [2.24, 2.45) is 0 Å². The average Bonchev–Trinajstić information content (AvgIpc) is 2.55. The Bertz CT molecular complexity index is 837. The Morgan fingerprint density at radius 3 is 2.90 bits per heavy atom. The van der Waals surface area contributed by atoms with Crippen LogP contribution in [0.4, 0.5) is 5.69 Å². The van der Waals surface area contributed by atoms with Gasteiger partial charge in [0.25, 0.3) is 0 Å². The highest BCUT2D eigenvalue weighted by Crippen LogP contribution is 2.25. The number of hydrogen-bond acceptors (Lipinski definition) is 3. The van der Waals surface area contributed by atoms with E-state index in [0.717, 1.165) is 22.2 Å². The molecule has 3 nitrogen and oxygen atoms in total. The summed E-state index contributed by atoms with van der Waals surface area (Å²) in [6, 6.07) is 17.2. The highest BCUT2D eigenvalue weighted by atomic mass is 35.5. The lowest BCUT2D eigenvalue weighted by Crippen LogP contribution is -2.01. The highest BCUT2D eigenvalue weighted by molar-refractivity contribution is 6.35. The molecule has 102 valence electrons. The van der Waals surface area contributed by atoms with Gasteiger partial charge >= 0.3 is 0 Å². The summed E-state index contributed by atoms with van der Waals surface area (Å²) in [5.41, 5.74) is 3.51. The minimum absolute atomic E-state index is 0.625. The van der Waals surface area contributed by atoms with E-state index in [4.69, 9.17) is 16.9 Å². The first-order chi connectivity index (χ1) is 10.3. The molecule has 3 rings (SSSR count). The van der Waals surface area contributed by atoms with Crippen LogP contribution in [0.1, 0.15) is 11.1 Å². The van der Waals surface area contributed by atoms with Gasteiger partial charge in [0.1, 0.15) is 0 Å². The summed E-state index contributed by atoms with van der Waals surface area (Å²) in [4.78, 5) is 4.41. The van der Waals surface area contributed by atoms with E-state index in [0.29, 0.717) is 17.1 Å². The fraction of sp³-hybridized carbons (Fsp3) is 0.0588. The smallest absolute Gasteiger partial charge is 0.0992 e. The molecule has 0 unspecified atom stereocenters. The van der Waals surface area contributed by atoms with E-state index in [2.05, 4.69) is 16.4 Å². The number of nitrogens with one attached hydrogen (secondary N) is 1. The third kappa shape index (κ3) is 2.81. The van der Waals surface area contributed by atoms with Gasteiger partial charge in [0.05, 0.1) is 17.1 Å². The van der Waals surface area contributed by atoms with Gasteiger partial charge < -0.3 is 5.32 Å². The molecule has 0 saturated heterocycles. The van der Waals surface area contributed by atoms with Crippen molar-refractivity contribution in [2.75, 3.05) is 5.32 Å². The molecule has 0 atom stereocenters. The molecule has 0 fully saturated rings. The number of halogens is 1. The molecule has 1 heterocycles. The van der Waals surface area contributed by atoms with Gasteiger partial charge in [0.2, 0.25) is 0 Å². The Morgan fingerprint density at radius 2 is 2.05 bits per heavy atom. The molecular weight excluding hydrogens is 282 g/mol. The van der Waals surface area contributed by atoms with Crippen LogP contribution in [0.2, 0.25) is 5.02 Å². The summed E-state index contributed by atoms with van der Waals surface area (Å²) in [6.07, 6.45) is 1.76. The molecular formula is C17H12ClN3. The minimum Gasteiger partial charge on any atom is -0.381 e. The van der Waals surface area contributed by atoms with Crippen LogP contribution in [-0.4, -0.2) is 4.98 Å². The van der Waals surface area contributed by atoms with Crippen molar-refractivity contribution in [3.05, 3.63) is 70.9 Å². The van der Waals surface area contributed by atoms with E-state index in [1.165, 1.54) is 0 Å². The largest absolute Gasteiger partial charge is 0.381 e. The summed E-state index contributed by atoms with van der Waals surface area (Å²) >= 11 is 6.19. The lowest BCUT2D eigenvalue weighted by molar-refractivity contribution is 1.15. The molecule has 0 bridgehead atoms. The number of fused-ring (bicyclic) bond motifs is 1. The zero-order valence-electron chi connectivity index (χ0n) is 11.2. The molecule has 0 aliphatic rings. The second-order valence-corrected chi connectivity index (χ2v) is 5.06. The molecule has 0 aliphatic heterocycles. The van der Waals surface area contributed by atoms with Crippen molar-refractivity contribution in [3.8, 4) is 6.07 Å². The van der Waals surface area contributed by atoms with E-state index in [1.807, 2.05) is 42.5 Å². The van der Waals surface area contributed by atoms with Crippen molar-refractivity contribution in [3.63, 3.8) is 0 Å². The predicted molar refractivity (Wildman–Crippen MR) is 85.2 cm³/mol. The maximum atomic E-state index is 8.92. The number of nitrogens with zero attached hydrogens (tertiary/aromatic N) is 2. The minimum atomic E-state index is 0.625. The molecule has 0 radical (unpaired) electrons. The molecule has 1 aromatic heterocycles. The maximum Gasteiger partial charge on any atom is 0.0992 e. The molecule has 21 heavy (non-hydrogen) atoms. The number of nitriles is 1. The van der Waals surface area contributed by atoms with Gasteiger partial charge in [0, 0.05) is 28.8 Å². The van der Waals surface area contributed by atoms with Gasteiger partial charge in [-0.25, -0.2) is 0 Å². The molecule has 0 spiro atoms. The van der Waals surface area contributed by atoms with Crippen molar-refractivity contribution < 1.29 is 0 Å². The molecule has 1 N–H and O–H groups in total. The molecule has 0 amide bonds. The van der Waals surface area contributed by atoms with Crippen LogP contribution in [0, 0.1) is 11.3 Å². The Hall–Kier alpha value is -2.57. The van der Waals surface area contributed by atoms with E-state index in [1.54, 1.807) is 12.3 Å². The molecule has 3 aromatic rings. The Kier molecular flexibility index (Phi) is 3.72. The third-order valence-corrected chi connectivity index (χ3v) is 3.60. The van der Waals surface area contributed by atoms with Gasteiger partial charge in [-0.3, -0.25) is 4.98 Å². The van der Waals surface area contributed by atoms with Crippen molar-refractivity contribution in [2.45, 2.75) is 6.54 Å². The van der Waals surface area contributed by atoms with E-state index < -0.39 is 0 Å². The molecule has 4 heteroatoms. The Morgan fingerprint density at radius 1 is 1.14 bits per heavy atom. The number of rotatable bonds is 3. The van der Waals surface area contributed by atoms with E-state index in [-0.39, 0.29) is 0 Å². The molecule has 0 aliphatic carbocycles. The maximum absolute atomic E-state index is 8.92. The highest BCUT2D eigenvalue weighted by Gasteiger charge is 2.05. The van der Waals surface area contributed by atoms with Crippen LogP contribution in [0.3, 0.4) is 0 Å². The lowest BCUT2D eigenvalue weighted by atomic mass is 10.1. The fourth-order valence-corrected chi connectivity index (χ4v) is 2.45. The zero-order valence-corrected chi connectivity index (χ0v) is 11.9. The van der Waals surface area contributed by atoms with Crippen molar-refractivity contribution in [1.82, 2.24) is 4.98 Å². The second-order valence-electron chi connectivity index (χ2n) is 4.65. The van der Waals surface area contributed by atoms with Crippen LogP contribution in [0.25, 0.3) is 10.9 Å². The number of aromatic nitrogens is 1. The van der Waals surface area contributed by atoms with Crippen molar-refractivity contribution in [1.29, 1.82) is 5.26 Å². The number of hydrogen-bond donors (Lipinski definition) is 1. The third-order valence-electron chi connectivity index (χ3n) is 3.27. The SMILES string of the molecule is N#Cc1cccc(NCc2ccc(Cl)c3cccnc23)c1. The Balaban J connectivity index is 1.89. The molecule has 2 aromatic carbocycles. The predicted octanol–water partition coefficient (Wildman–Crippen LogP) is 4.37. The number of benzene rings is 2. The van der Waals surface area contributed by atoms with E-state index >= 15 is 0 Å². The van der Waals surface area contributed by atoms with Gasteiger partial charge in [0.15, 0.2) is 0 Å². The summed E-state index contributed by atoms with van der Waals surface area (Å²) in [6.45, 7) is 0.625. The second kappa shape index (κ2) is 5.82. The number of pyridine rings is 1. The first-order valence-electron chi connectivity index (χ1n) is 6.54. The fourth-order valence-electron chi connectivity index (χ4n) is 2.24. The van der Waals surface area contributed by atoms with Crippen LogP contribution in [-0.2, 0) is 6.54 Å². The van der Waals surface area contributed by atoms with Crippen LogP contribution >= 0.6 is 11.6 Å². The van der Waals surface area contributed by atoms with Crippen LogP contribution in [0.15, 0.2) is 54.7 Å². The topological polar surface area (TPSA) is 48.7 Å². The summed E-state index contributed by atoms with van der Waals surface area (Å²) in [7, 11) is 0. The molecule has 0 saturated carbocycles. The first-order valence-corrected chi connectivity index (χ1v) is 6.92. The normalized spacial score (nSPS) is 10.3. The zero-order chi connectivity index (χ0) is 14.7. The Labute approximate surface area is 127 Å². The van der Waals surface area contributed by atoms with E-state index in [9.17, 15) is 0 Å². The van der Waals surface area contributed by atoms with Gasteiger partial charge in [-0.05, 0) is 42.0 Å². The quantitative estimate of drug-likeness (QED) is 0.780. The number of anilines is 1. The standard InChI is InChI=1S/C17H12ClN3/c18-16-7-6-13(17-15(16)5-2-8-20-17)11-21-14-4-1-3-12(9-14)10-19/h1-9,21H,11H2. The van der Waals surface area contributed by atoms with Gasteiger partial charge in [-0.1, -0.05) is 23.7 Å². The van der Waals surface area contributed by atoms with Crippen LogP contribution < -0.4 is 5.32 Å². The van der Waals surface area contributed by atoms with Crippen LogP contribution in [0.5, 0.6) is 0 Å². The average molecular weight is 294 g/mol. The first kappa shape index (κ1) is 13.4.